The van der Waals surface area contributed by atoms with Gasteiger partial charge in [0.2, 0.25) is 5.91 Å². The molecule has 0 aromatic heterocycles. The lowest BCUT2D eigenvalue weighted by molar-refractivity contribution is -0.379. The van der Waals surface area contributed by atoms with E-state index in [0.717, 1.165) is 77.0 Å². The fourth-order valence-corrected chi connectivity index (χ4v) is 15.1. The van der Waals surface area contributed by atoms with E-state index in [4.69, 9.17) is 28.4 Å². The van der Waals surface area contributed by atoms with Crippen molar-refractivity contribution in [1.82, 2.24) is 5.32 Å². The Morgan fingerprint density at radius 2 is 0.639 bits per heavy atom. The minimum atomic E-state index is -1.97. The van der Waals surface area contributed by atoms with Crippen molar-refractivity contribution in [3.8, 4) is 0 Å². The van der Waals surface area contributed by atoms with Crippen LogP contribution in [0, 0.1) is 0 Å². The zero-order valence-electron chi connectivity index (χ0n) is 68.1. The average molecular weight is 1540 g/mol. The highest BCUT2D eigenvalue weighted by atomic mass is 16.8. The Morgan fingerprint density at radius 3 is 1.00 bits per heavy atom. The molecule has 3 heterocycles. The fourth-order valence-electron chi connectivity index (χ4n) is 15.1. The molecule has 0 radical (unpaired) electrons. The predicted molar refractivity (Wildman–Crippen MR) is 434 cm³/mol. The van der Waals surface area contributed by atoms with Crippen molar-refractivity contribution >= 4 is 5.91 Å². The Kier molecular flexibility index (Phi) is 63.6. The first-order valence-electron chi connectivity index (χ1n) is 44.5. The van der Waals surface area contributed by atoms with E-state index in [2.05, 4.69) is 79.9 Å². The number of allylic oxidation sites excluding steroid dienone is 10. The maximum Gasteiger partial charge on any atom is 0.220 e. The highest BCUT2D eigenvalue weighted by Crippen LogP contribution is 2.34. The topological polar surface area (TPSA) is 307 Å². The minimum absolute atomic E-state index is 0.236. The number of rotatable bonds is 72. The number of nitrogens with one attached hydrogen (secondary N) is 1. The number of amides is 1. The van der Waals surface area contributed by atoms with Crippen LogP contribution in [0.3, 0.4) is 0 Å². The predicted octanol–water partition coefficient (Wildman–Crippen LogP) is 16.6. The number of unbranched alkanes of at least 4 members (excludes halogenated alkanes) is 46. The summed E-state index contributed by atoms with van der Waals surface area (Å²) < 4.78 is 34.6. The summed E-state index contributed by atoms with van der Waals surface area (Å²) in [5, 5.41) is 121. The summed E-state index contributed by atoms with van der Waals surface area (Å²) in [4.78, 5) is 13.5. The van der Waals surface area contributed by atoms with Gasteiger partial charge in [0.25, 0.3) is 0 Å². The summed E-state index contributed by atoms with van der Waals surface area (Å²) in [6.07, 6.45) is 63.2. The molecule has 12 N–H and O–H groups in total. The SMILES string of the molecule is CC/C=C\C/C=C\C/C=C\C/C=C\C/C=C\CCCCCCCCCCCCCCCCCCCCCCCC(=O)NC(COC1OC(CO)C(OC2OC(CO)C(OC3OC(CO)C(O)C(O)C3O)C(O)C2O)C(O)C1O)C(O)CCCCCCCCCCCCCCCCCCCCCCCCCCCC. The Hall–Kier alpha value is -2.51. The molecule has 0 aromatic carbocycles. The van der Waals surface area contributed by atoms with E-state index < -0.39 is 124 Å². The number of ether oxygens (including phenoxy) is 6. The first-order chi connectivity index (χ1) is 52.8. The smallest absolute Gasteiger partial charge is 0.220 e. The average Bonchev–Trinajstić information content (AvgIpc) is 0.779. The third-order valence-corrected chi connectivity index (χ3v) is 22.1. The number of aliphatic hydroxyl groups is 11. The van der Waals surface area contributed by atoms with Crippen LogP contribution in [0.5, 0.6) is 0 Å². The van der Waals surface area contributed by atoms with Crippen molar-refractivity contribution in [2.45, 2.75) is 471 Å². The maximum atomic E-state index is 13.5. The molecule has 0 saturated carbocycles. The van der Waals surface area contributed by atoms with Gasteiger partial charge in [-0.2, -0.15) is 0 Å². The summed E-state index contributed by atoms with van der Waals surface area (Å²) in [6, 6.07) is -0.889. The van der Waals surface area contributed by atoms with Gasteiger partial charge in [0.1, 0.15) is 73.2 Å². The van der Waals surface area contributed by atoms with Crippen molar-refractivity contribution < 1.29 is 89.4 Å². The molecule has 19 heteroatoms. The monoisotopic (exact) mass is 1530 g/mol. The summed E-state index contributed by atoms with van der Waals surface area (Å²) in [5.74, 6) is -0.236. The largest absolute Gasteiger partial charge is 0.394 e. The van der Waals surface area contributed by atoms with Gasteiger partial charge in [-0.1, -0.05) is 364 Å². The van der Waals surface area contributed by atoms with E-state index in [-0.39, 0.29) is 18.9 Å². The van der Waals surface area contributed by atoms with Crippen molar-refractivity contribution in [2.24, 2.45) is 0 Å². The zero-order chi connectivity index (χ0) is 78.1. The highest BCUT2D eigenvalue weighted by Gasteiger charge is 2.54. The molecule has 0 spiro atoms. The number of aliphatic hydroxyl groups excluding tert-OH is 11. The van der Waals surface area contributed by atoms with Crippen molar-refractivity contribution in [3.63, 3.8) is 0 Å². The molecule has 17 atom stereocenters. The van der Waals surface area contributed by atoms with E-state index >= 15 is 0 Å². The van der Waals surface area contributed by atoms with Gasteiger partial charge in [-0.25, -0.2) is 0 Å². The van der Waals surface area contributed by atoms with Crippen molar-refractivity contribution in [3.05, 3.63) is 60.8 Å². The molecule has 1 amide bonds. The normalized spacial score (nSPS) is 25.7. The van der Waals surface area contributed by atoms with Crippen LogP contribution < -0.4 is 5.32 Å². The molecule has 0 aliphatic carbocycles. The number of carbonyl (C=O) groups is 1. The Labute approximate surface area is 656 Å². The Morgan fingerprint density at radius 1 is 0.343 bits per heavy atom. The molecule has 3 rings (SSSR count). The molecule has 3 saturated heterocycles. The van der Waals surface area contributed by atoms with Crippen LogP contribution >= 0.6 is 0 Å². The van der Waals surface area contributed by atoms with Crippen LogP contribution in [0.1, 0.15) is 367 Å². The molecule has 3 fully saturated rings. The van der Waals surface area contributed by atoms with Gasteiger partial charge in [-0.15, -0.1) is 0 Å². The summed E-state index contributed by atoms with van der Waals surface area (Å²) >= 11 is 0. The van der Waals surface area contributed by atoms with Gasteiger partial charge in [0, 0.05) is 6.42 Å². The van der Waals surface area contributed by atoms with Gasteiger partial charge in [0.15, 0.2) is 18.9 Å². The van der Waals surface area contributed by atoms with E-state index in [1.54, 1.807) is 0 Å². The molecular formula is C89H163NO18. The van der Waals surface area contributed by atoms with Crippen LogP contribution in [0.15, 0.2) is 60.8 Å². The minimum Gasteiger partial charge on any atom is -0.394 e. The molecule has 632 valence electrons. The molecule has 19 nitrogen and oxygen atoms in total. The molecule has 0 aromatic rings. The Balaban J connectivity index is 1.31. The third kappa shape index (κ3) is 47.4. The van der Waals surface area contributed by atoms with Crippen molar-refractivity contribution in [1.29, 1.82) is 0 Å². The van der Waals surface area contributed by atoms with Gasteiger partial charge in [-0.3, -0.25) is 4.79 Å². The molecule has 3 aliphatic heterocycles. The first-order valence-corrected chi connectivity index (χ1v) is 44.5. The zero-order valence-corrected chi connectivity index (χ0v) is 68.1. The second kappa shape index (κ2) is 68.9. The van der Waals surface area contributed by atoms with Gasteiger partial charge in [0.05, 0.1) is 38.6 Å². The van der Waals surface area contributed by atoms with Crippen LogP contribution in [0.25, 0.3) is 0 Å². The molecule has 3 aliphatic rings. The number of carbonyl (C=O) groups excluding carboxylic acids is 1. The standard InChI is InChI=1S/C89H163NO18/c1-3-5-7-9-11-13-15-17-19-21-23-25-27-29-31-32-33-34-35-36-37-38-39-40-41-43-45-47-49-51-53-55-57-59-61-63-65-67-77(95)90-72(73(94)66-64-62-60-58-56-54-52-50-48-46-44-42-30-28-26-24-22-20-18-16-14-12-10-8-6-4-2)71-103-87-83(101)80(98)85(75(69-92)105-87)108-89-84(102)81(99)86(76(70-93)106-89)107-88-82(100)79(97)78(96)74(68-91)104-88/h5,7,11,13,17,19,23,25,29,31,72-76,78-89,91-94,96-102H,3-4,6,8-10,12,14-16,18,20-22,24,26-28,30,32-71H2,1-2H3,(H,90,95)/b7-5-,13-11-,19-17-,25-23-,31-29-. The quantitative estimate of drug-likeness (QED) is 0.0199. The van der Waals surface area contributed by atoms with Crippen LogP contribution in [-0.2, 0) is 33.2 Å². The third-order valence-electron chi connectivity index (χ3n) is 22.1. The Bertz CT molecular complexity index is 2180. The summed E-state index contributed by atoms with van der Waals surface area (Å²) in [5.41, 5.74) is 0. The fraction of sp³-hybridized carbons (Fsp3) is 0.876. The second-order valence-corrected chi connectivity index (χ2v) is 31.7. The summed E-state index contributed by atoms with van der Waals surface area (Å²) in [7, 11) is 0. The molecule has 108 heavy (non-hydrogen) atoms. The van der Waals surface area contributed by atoms with Crippen LogP contribution in [0.4, 0.5) is 0 Å². The lowest BCUT2D eigenvalue weighted by Gasteiger charge is -2.48. The maximum absolute atomic E-state index is 13.5. The number of hydrogen-bond acceptors (Lipinski definition) is 18. The van der Waals surface area contributed by atoms with Crippen LogP contribution in [0.2, 0.25) is 0 Å². The van der Waals surface area contributed by atoms with Crippen molar-refractivity contribution in [2.75, 3.05) is 26.4 Å². The second-order valence-electron chi connectivity index (χ2n) is 31.7. The highest BCUT2D eigenvalue weighted by molar-refractivity contribution is 5.76. The van der Waals surface area contributed by atoms with E-state index in [1.165, 1.54) is 257 Å². The summed E-state index contributed by atoms with van der Waals surface area (Å²) in [6.45, 7) is 1.75. The molecule has 17 unspecified atom stereocenters. The lowest BCUT2D eigenvalue weighted by Crippen LogP contribution is -2.66. The van der Waals surface area contributed by atoms with E-state index in [9.17, 15) is 61.0 Å². The van der Waals surface area contributed by atoms with Crippen LogP contribution in [-0.4, -0.2) is 193 Å². The van der Waals surface area contributed by atoms with E-state index in [1.807, 2.05) is 0 Å². The first kappa shape index (κ1) is 99.7. The van der Waals surface area contributed by atoms with Gasteiger partial charge >= 0.3 is 0 Å². The number of hydrogen-bond donors (Lipinski definition) is 12. The molecular weight excluding hydrogens is 1370 g/mol. The lowest BCUT2D eigenvalue weighted by atomic mass is 9.96. The van der Waals surface area contributed by atoms with Gasteiger partial charge < -0.3 is 89.9 Å². The van der Waals surface area contributed by atoms with Gasteiger partial charge in [-0.05, 0) is 57.8 Å². The molecule has 0 bridgehead atoms. The van der Waals surface area contributed by atoms with E-state index in [0.29, 0.717) is 12.8 Å².